The molecule has 0 spiro atoms. The van der Waals surface area contributed by atoms with Gasteiger partial charge in [0.15, 0.2) is 5.69 Å². The summed E-state index contributed by atoms with van der Waals surface area (Å²) in [5, 5.41) is 15.4. The fraction of sp³-hybridized carbons (Fsp3) is 0.294. The van der Waals surface area contributed by atoms with Crippen LogP contribution in [0.15, 0.2) is 35.7 Å². The number of benzene rings is 1. The number of halogens is 3. The van der Waals surface area contributed by atoms with Gasteiger partial charge in [-0.05, 0) is 30.5 Å². The van der Waals surface area contributed by atoms with E-state index in [2.05, 4.69) is 10.1 Å². The van der Waals surface area contributed by atoms with E-state index < -0.39 is 11.9 Å². The SMILES string of the molecule is CC(C)Cc1cc(C(F)(F)F)n(-c2nc(-c3cccc(O)c3)cs2)n1. The van der Waals surface area contributed by atoms with Crippen molar-refractivity contribution in [2.45, 2.75) is 26.4 Å². The van der Waals surface area contributed by atoms with E-state index in [0.29, 0.717) is 23.4 Å². The smallest absolute Gasteiger partial charge is 0.433 e. The van der Waals surface area contributed by atoms with Crippen LogP contribution in [0.5, 0.6) is 5.75 Å². The van der Waals surface area contributed by atoms with Crippen LogP contribution in [-0.2, 0) is 12.6 Å². The molecule has 0 aliphatic heterocycles. The van der Waals surface area contributed by atoms with Crippen molar-refractivity contribution in [1.82, 2.24) is 14.8 Å². The minimum atomic E-state index is -4.51. The van der Waals surface area contributed by atoms with Crippen molar-refractivity contribution in [3.63, 3.8) is 0 Å². The molecule has 2 aromatic heterocycles. The summed E-state index contributed by atoms with van der Waals surface area (Å²) >= 11 is 1.07. The molecule has 0 radical (unpaired) electrons. The molecule has 8 heteroatoms. The summed E-state index contributed by atoms with van der Waals surface area (Å²) in [6, 6.07) is 7.49. The van der Waals surface area contributed by atoms with E-state index in [-0.39, 0.29) is 16.8 Å². The number of thiazole rings is 1. The fourth-order valence-electron chi connectivity index (χ4n) is 2.46. The van der Waals surface area contributed by atoms with E-state index in [4.69, 9.17) is 0 Å². The second kappa shape index (κ2) is 6.51. The highest BCUT2D eigenvalue weighted by molar-refractivity contribution is 7.12. The van der Waals surface area contributed by atoms with Gasteiger partial charge in [0.1, 0.15) is 5.75 Å². The quantitative estimate of drug-likeness (QED) is 0.712. The first-order valence-corrected chi connectivity index (χ1v) is 8.53. The molecule has 3 aromatic rings. The van der Waals surface area contributed by atoms with E-state index in [0.717, 1.165) is 22.1 Å². The Labute approximate surface area is 146 Å². The zero-order chi connectivity index (χ0) is 18.2. The number of aromatic nitrogens is 3. The zero-order valence-electron chi connectivity index (χ0n) is 13.6. The predicted molar refractivity (Wildman–Crippen MR) is 89.9 cm³/mol. The van der Waals surface area contributed by atoms with E-state index in [9.17, 15) is 18.3 Å². The molecular weight excluding hydrogens is 351 g/mol. The lowest BCUT2D eigenvalue weighted by atomic mass is 10.1. The third-order valence-corrected chi connectivity index (χ3v) is 4.30. The van der Waals surface area contributed by atoms with Crippen LogP contribution in [0.25, 0.3) is 16.4 Å². The summed E-state index contributed by atoms with van der Waals surface area (Å²) in [6.45, 7) is 3.85. The van der Waals surface area contributed by atoms with Gasteiger partial charge >= 0.3 is 6.18 Å². The molecular formula is C17H16F3N3OS. The minimum Gasteiger partial charge on any atom is -0.508 e. The third-order valence-electron chi connectivity index (χ3n) is 3.48. The van der Waals surface area contributed by atoms with E-state index in [1.165, 1.54) is 12.1 Å². The van der Waals surface area contributed by atoms with Crippen LogP contribution in [0.4, 0.5) is 13.2 Å². The monoisotopic (exact) mass is 367 g/mol. The summed E-state index contributed by atoms with van der Waals surface area (Å²) in [4.78, 5) is 4.27. The van der Waals surface area contributed by atoms with Gasteiger partial charge in [0.25, 0.3) is 0 Å². The normalized spacial score (nSPS) is 12.1. The second-order valence-electron chi connectivity index (χ2n) is 6.09. The largest absolute Gasteiger partial charge is 0.508 e. The van der Waals surface area contributed by atoms with Crippen molar-refractivity contribution in [2.75, 3.05) is 0 Å². The lowest BCUT2D eigenvalue weighted by Gasteiger charge is -2.07. The molecule has 0 aliphatic rings. The Morgan fingerprint density at radius 3 is 2.64 bits per heavy atom. The van der Waals surface area contributed by atoms with Crippen LogP contribution in [0, 0.1) is 5.92 Å². The Morgan fingerprint density at radius 1 is 1.24 bits per heavy atom. The number of aromatic hydroxyl groups is 1. The molecule has 3 rings (SSSR count). The van der Waals surface area contributed by atoms with Crippen molar-refractivity contribution in [1.29, 1.82) is 0 Å². The van der Waals surface area contributed by atoms with Crippen LogP contribution in [-0.4, -0.2) is 19.9 Å². The maximum Gasteiger partial charge on any atom is 0.433 e. The summed E-state index contributed by atoms with van der Waals surface area (Å²) in [5.41, 5.74) is 0.673. The Kier molecular flexibility index (Phi) is 4.55. The molecule has 0 fully saturated rings. The average Bonchev–Trinajstić information content (AvgIpc) is 3.12. The molecule has 0 amide bonds. The Bertz CT molecular complexity index is 883. The van der Waals surface area contributed by atoms with Crippen LogP contribution < -0.4 is 0 Å². The molecule has 25 heavy (non-hydrogen) atoms. The minimum absolute atomic E-state index is 0.0707. The first-order valence-electron chi connectivity index (χ1n) is 7.65. The molecule has 1 N–H and O–H groups in total. The Hall–Kier alpha value is -2.35. The van der Waals surface area contributed by atoms with Crippen molar-refractivity contribution < 1.29 is 18.3 Å². The molecule has 4 nitrogen and oxygen atoms in total. The predicted octanol–water partition coefficient (Wildman–Crippen LogP) is 4.92. The van der Waals surface area contributed by atoms with Crippen molar-refractivity contribution in [3.05, 3.63) is 47.1 Å². The molecule has 1 aromatic carbocycles. The highest BCUT2D eigenvalue weighted by atomic mass is 32.1. The van der Waals surface area contributed by atoms with Gasteiger partial charge in [0, 0.05) is 10.9 Å². The number of phenols is 1. The maximum atomic E-state index is 13.4. The van der Waals surface area contributed by atoms with Crippen LogP contribution >= 0.6 is 11.3 Å². The van der Waals surface area contributed by atoms with Crippen LogP contribution in [0.1, 0.15) is 25.2 Å². The van der Waals surface area contributed by atoms with Gasteiger partial charge in [-0.2, -0.15) is 18.3 Å². The second-order valence-corrected chi connectivity index (χ2v) is 6.93. The lowest BCUT2D eigenvalue weighted by molar-refractivity contribution is -0.142. The fourth-order valence-corrected chi connectivity index (χ4v) is 3.25. The number of alkyl halides is 3. The van der Waals surface area contributed by atoms with Crippen molar-refractivity contribution >= 4 is 11.3 Å². The van der Waals surface area contributed by atoms with Crippen LogP contribution in [0.3, 0.4) is 0 Å². The Balaban J connectivity index is 2.03. The van der Waals surface area contributed by atoms with E-state index in [1.807, 2.05) is 13.8 Å². The number of nitrogens with zero attached hydrogens (tertiary/aromatic N) is 3. The number of phenolic OH excluding ortho intramolecular Hbond substituents is 1. The first kappa shape index (κ1) is 17.5. The summed E-state index contributed by atoms with van der Waals surface area (Å²) in [6.07, 6.45) is -4.06. The number of hydrogen-bond acceptors (Lipinski definition) is 4. The molecule has 0 atom stereocenters. The number of rotatable bonds is 4. The molecule has 2 heterocycles. The third kappa shape index (κ3) is 3.84. The van der Waals surface area contributed by atoms with E-state index in [1.54, 1.807) is 17.5 Å². The highest BCUT2D eigenvalue weighted by Gasteiger charge is 2.37. The summed E-state index contributed by atoms with van der Waals surface area (Å²) in [7, 11) is 0. The zero-order valence-corrected chi connectivity index (χ0v) is 14.4. The molecule has 132 valence electrons. The standard InChI is InChI=1S/C17H16F3N3OS/c1-10(2)6-12-8-15(17(18,19)20)23(22-12)16-21-14(9-25-16)11-4-3-5-13(24)7-11/h3-5,7-10,24H,6H2,1-2H3. The van der Waals surface area contributed by atoms with Crippen molar-refractivity contribution in [3.8, 4) is 22.1 Å². The lowest BCUT2D eigenvalue weighted by Crippen LogP contribution is -2.13. The van der Waals surface area contributed by atoms with E-state index >= 15 is 0 Å². The van der Waals surface area contributed by atoms with Gasteiger partial charge in [0.05, 0.1) is 11.4 Å². The molecule has 0 unspecified atom stereocenters. The molecule has 0 aliphatic carbocycles. The molecule has 0 saturated heterocycles. The van der Waals surface area contributed by atoms with Gasteiger partial charge in [-0.1, -0.05) is 26.0 Å². The van der Waals surface area contributed by atoms with Crippen LogP contribution in [0.2, 0.25) is 0 Å². The van der Waals surface area contributed by atoms with Gasteiger partial charge in [0.2, 0.25) is 5.13 Å². The Morgan fingerprint density at radius 2 is 2.00 bits per heavy atom. The van der Waals surface area contributed by atoms with Crippen molar-refractivity contribution in [2.24, 2.45) is 5.92 Å². The first-order chi connectivity index (χ1) is 11.7. The number of hydrogen-bond donors (Lipinski definition) is 1. The summed E-state index contributed by atoms with van der Waals surface area (Å²) in [5.74, 6) is 0.268. The summed E-state index contributed by atoms with van der Waals surface area (Å²) < 4.78 is 40.9. The highest BCUT2D eigenvalue weighted by Crippen LogP contribution is 2.34. The molecule has 0 saturated carbocycles. The van der Waals surface area contributed by atoms with Gasteiger partial charge < -0.3 is 5.11 Å². The average molecular weight is 367 g/mol. The topological polar surface area (TPSA) is 50.9 Å². The molecule has 0 bridgehead atoms. The van der Waals surface area contributed by atoms with Gasteiger partial charge in [-0.3, -0.25) is 0 Å². The van der Waals surface area contributed by atoms with Gasteiger partial charge in [-0.25, -0.2) is 9.67 Å². The van der Waals surface area contributed by atoms with Gasteiger partial charge in [-0.15, -0.1) is 11.3 Å². The maximum absolute atomic E-state index is 13.4.